The van der Waals surface area contributed by atoms with Crippen molar-refractivity contribution >= 4 is 25.6 Å². The number of ether oxygens (including phenoxy) is 4. The molecular weight excluding hydrogens is 757 g/mol. The van der Waals surface area contributed by atoms with Crippen molar-refractivity contribution in [2.45, 2.75) is 83.1 Å². The smallest absolute Gasteiger partial charge is 0.283 e. The summed E-state index contributed by atoms with van der Waals surface area (Å²) in [5.41, 5.74) is 6.98. The number of imidazole rings is 1. The molecule has 14 nitrogen and oxygen atoms in total. The van der Waals surface area contributed by atoms with E-state index in [1.807, 2.05) is 66.7 Å². The lowest BCUT2D eigenvalue weighted by molar-refractivity contribution is -0.173. The topological polar surface area (TPSA) is 172 Å². The van der Waals surface area contributed by atoms with E-state index < -0.39 is 37.6 Å². The summed E-state index contributed by atoms with van der Waals surface area (Å²) in [6, 6.07) is 28.1. The van der Waals surface area contributed by atoms with E-state index in [9.17, 15) is 10.1 Å². The van der Waals surface area contributed by atoms with Gasteiger partial charge in [-0.2, -0.15) is 10.2 Å². The van der Waals surface area contributed by atoms with Crippen LogP contribution in [0.1, 0.15) is 70.4 Å². The predicted molar refractivity (Wildman–Crippen MR) is 221 cm³/mol. The van der Waals surface area contributed by atoms with Crippen LogP contribution in [-0.2, 0) is 24.1 Å². The SMILES string of the molecule is COc1ccc(C(OC[C@]23CC(C)[C@@H]([C@H](n4c(N)nc5nc[nH]c5c4=O)O2)[C@@H]3OP(OCCC#N)N(C(C)C)C(C)C)(c2ccccc2)c2ccc(OC)cc2)cc1. The molecule has 15 heteroatoms. The fourth-order valence-electron chi connectivity index (χ4n) is 8.74. The van der Waals surface area contributed by atoms with E-state index >= 15 is 0 Å². The summed E-state index contributed by atoms with van der Waals surface area (Å²) >= 11 is 0. The fraction of sp³-hybridized carbons (Fsp3) is 0.442. The molecule has 1 aliphatic carbocycles. The quantitative estimate of drug-likeness (QED) is 0.0546. The highest BCUT2D eigenvalue weighted by atomic mass is 31.2. The molecule has 0 radical (unpaired) electrons. The number of aromatic nitrogens is 4. The highest BCUT2D eigenvalue weighted by Gasteiger charge is 2.66. The minimum absolute atomic E-state index is 0.0159. The third-order valence-electron chi connectivity index (χ3n) is 11.2. The molecule has 3 N–H and O–H groups in total. The molecule has 0 spiro atoms. The van der Waals surface area contributed by atoms with Crippen molar-refractivity contribution in [2.24, 2.45) is 11.8 Å². The lowest BCUT2D eigenvalue weighted by Crippen LogP contribution is -2.47. The Balaban J connectivity index is 1.39. The minimum atomic E-state index is -1.73. The molecule has 2 unspecified atom stereocenters. The van der Waals surface area contributed by atoms with Crippen LogP contribution in [0.5, 0.6) is 11.5 Å². The fourth-order valence-corrected chi connectivity index (χ4v) is 10.6. The van der Waals surface area contributed by atoms with Crippen molar-refractivity contribution in [1.29, 1.82) is 5.26 Å². The molecule has 3 aromatic carbocycles. The van der Waals surface area contributed by atoms with Gasteiger partial charge in [-0.05, 0) is 81.0 Å². The standard InChI is InChI=1S/C43H52N7O7P/c1-27(2)50(28(3)4)58(55-23-11-22-44)57-37-35-29(5)24-42(37,56-40(35)49-39(51)36-38(47-26-46-36)48-41(49)45)25-54-43(30-12-9-8-10-13-30,31-14-18-33(52-6)19-15-31)32-16-20-34(53-7)21-17-32/h8-10,12-21,26-29,35,37,40H,11,23-25H2,1-7H3,(H2,45,48)(H,46,47)/t29?,35-,37+,40-,42+,58?/m1/s1. The van der Waals surface area contributed by atoms with E-state index in [1.54, 1.807) is 14.2 Å². The van der Waals surface area contributed by atoms with Crippen LogP contribution in [0, 0.1) is 23.2 Å². The predicted octanol–water partition coefficient (Wildman–Crippen LogP) is 7.31. The molecule has 3 heterocycles. The van der Waals surface area contributed by atoms with Crippen LogP contribution < -0.4 is 20.8 Å². The summed E-state index contributed by atoms with van der Waals surface area (Å²) in [6.45, 7) is 10.8. The number of fused-ring (bicyclic) bond motifs is 3. The summed E-state index contributed by atoms with van der Waals surface area (Å²) in [5.74, 6) is 1.00. The van der Waals surface area contributed by atoms with E-state index in [1.165, 1.54) is 10.9 Å². The van der Waals surface area contributed by atoms with Crippen molar-refractivity contribution in [2.75, 3.05) is 33.2 Å². The Labute approximate surface area is 340 Å². The first-order valence-electron chi connectivity index (χ1n) is 19.6. The number of H-pyrrole nitrogens is 1. The van der Waals surface area contributed by atoms with Gasteiger partial charge in [0.25, 0.3) is 14.1 Å². The second-order valence-electron chi connectivity index (χ2n) is 15.4. The molecule has 5 aromatic rings. The maximum absolute atomic E-state index is 14.2. The molecule has 1 saturated heterocycles. The van der Waals surface area contributed by atoms with Gasteiger partial charge in [0, 0.05) is 18.0 Å². The molecule has 0 amide bonds. The Morgan fingerprint density at radius 1 is 1.00 bits per heavy atom. The second kappa shape index (κ2) is 17.2. The first-order chi connectivity index (χ1) is 28.0. The molecule has 6 atom stereocenters. The van der Waals surface area contributed by atoms with Gasteiger partial charge in [0.2, 0.25) is 5.95 Å². The van der Waals surface area contributed by atoms with Crippen molar-refractivity contribution < 1.29 is 28.0 Å². The van der Waals surface area contributed by atoms with Gasteiger partial charge < -0.3 is 38.7 Å². The number of nitrogen functional groups attached to an aromatic ring is 1. The summed E-state index contributed by atoms with van der Waals surface area (Å²) in [4.78, 5) is 25.8. The highest BCUT2D eigenvalue weighted by Crippen LogP contribution is 2.62. The first kappa shape index (κ1) is 41.3. The van der Waals surface area contributed by atoms with Gasteiger partial charge in [0.1, 0.15) is 35.0 Å². The van der Waals surface area contributed by atoms with Crippen molar-refractivity contribution in [3.05, 3.63) is 112 Å². The van der Waals surface area contributed by atoms with Crippen LogP contribution in [0.25, 0.3) is 11.2 Å². The summed E-state index contributed by atoms with van der Waals surface area (Å²) < 4.78 is 43.2. The molecule has 2 aliphatic rings. The van der Waals surface area contributed by atoms with Gasteiger partial charge >= 0.3 is 0 Å². The van der Waals surface area contributed by atoms with Crippen molar-refractivity contribution in [1.82, 2.24) is 24.2 Å². The zero-order chi connectivity index (χ0) is 41.2. The Morgan fingerprint density at radius 3 is 2.17 bits per heavy atom. The molecule has 2 fully saturated rings. The molecular formula is C43H52N7O7P. The van der Waals surface area contributed by atoms with Crippen LogP contribution in [0.4, 0.5) is 5.95 Å². The van der Waals surface area contributed by atoms with Crippen LogP contribution in [0.2, 0.25) is 0 Å². The lowest BCUT2D eigenvalue weighted by Gasteiger charge is -2.42. The van der Waals surface area contributed by atoms with Gasteiger partial charge in [-0.1, -0.05) is 61.5 Å². The van der Waals surface area contributed by atoms with Crippen LogP contribution in [-0.4, -0.2) is 75.4 Å². The lowest BCUT2D eigenvalue weighted by atomic mass is 9.79. The maximum atomic E-state index is 14.2. The second-order valence-corrected chi connectivity index (χ2v) is 16.9. The molecule has 2 aromatic heterocycles. The molecule has 1 saturated carbocycles. The minimum Gasteiger partial charge on any atom is -0.497 e. The molecule has 1 aliphatic heterocycles. The van der Waals surface area contributed by atoms with Crippen LogP contribution in [0.3, 0.4) is 0 Å². The highest BCUT2D eigenvalue weighted by molar-refractivity contribution is 7.44. The van der Waals surface area contributed by atoms with Gasteiger partial charge in [0.05, 0.1) is 46.3 Å². The zero-order valence-electron chi connectivity index (χ0n) is 34.0. The number of hydrogen-bond acceptors (Lipinski definition) is 12. The normalized spacial score (nSPS) is 22.2. The summed E-state index contributed by atoms with van der Waals surface area (Å²) in [5, 5.41) is 9.46. The number of nitrogens with zero attached hydrogens (tertiary/aromatic N) is 5. The van der Waals surface area contributed by atoms with E-state index in [0.29, 0.717) is 17.9 Å². The first-order valence-corrected chi connectivity index (χ1v) is 20.7. The Bertz CT molecular complexity index is 2210. The zero-order valence-corrected chi connectivity index (χ0v) is 34.9. The number of methoxy groups -OCH3 is 2. The number of nitriles is 1. The average Bonchev–Trinajstić information content (AvgIpc) is 3.89. The van der Waals surface area contributed by atoms with E-state index in [2.05, 4.69) is 72.4 Å². The van der Waals surface area contributed by atoms with E-state index in [0.717, 1.165) is 16.7 Å². The monoisotopic (exact) mass is 809 g/mol. The molecule has 58 heavy (non-hydrogen) atoms. The Kier molecular flexibility index (Phi) is 12.2. The molecule has 306 valence electrons. The number of nitrogens with two attached hydrogens (primary N) is 1. The average molecular weight is 810 g/mol. The maximum Gasteiger partial charge on any atom is 0.283 e. The van der Waals surface area contributed by atoms with Crippen LogP contribution in [0.15, 0.2) is 90.0 Å². The number of rotatable bonds is 17. The van der Waals surface area contributed by atoms with Crippen LogP contribution >= 0.6 is 8.53 Å². The Morgan fingerprint density at radius 2 is 1.60 bits per heavy atom. The van der Waals surface area contributed by atoms with Gasteiger partial charge in [-0.15, -0.1) is 0 Å². The van der Waals surface area contributed by atoms with E-state index in [4.69, 9.17) is 33.7 Å². The van der Waals surface area contributed by atoms with Gasteiger partial charge in [-0.3, -0.25) is 4.79 Å². The third kappa shape index (κ3) is 7.47. The third-order valence-corrected chi connectivity index (χ3v) is 13.3. The van der Waals surface area contributed by atoms with Crippen molar-refractivity contribution in [3.63, 3.8) is 0 Å². The number of aromatic amines is 1. The number of hydrogen-bond donors (Lipinski definition) is 2. The van der Waals surface area contributed by atoms with Gasteiger partial charge in [0.15, 0.2) is 11.2 Å². The largest absolute Gasteiger partial charge is 0.497 e. The summed E-state index contributed by atoms with van der Waals surface area (Å²) in [6.07, 6.45) is 0.683. The number of benzene rings is 3. The summed E-state index contributed by atoms with van der Waals surface area (Å²) in [7, 11) is 1.55. The molecule has 7 rings (SSSR count). The van der Waals surface area contributed by atoms with E-state index in [-0.39, 0.29) is 60.7 Å². The Hall–Kier alpha value is -4.87. The number of anilines is 1. The van der Waals surface area contributed by atoms with Gasteiger partial charge in [-0.25, -0.2) is 14.2 Å². The van der Waals surface area contributed by atoms with Crippen molar-refractivity contribution in [3.8, 4) is 17.6 Å². The number of nitrogens with one attached hydrogen (secondary N) is 1. The molecule has 2 bridgehead atoms.